The number of sulfone groups is 1. The molecule has 140 valence electrons. The minimum atomic E-state index is -3.23. The van der Waals surface area contributed by atoms with Crippen molar-refractivity contribution in [2.24, 2.45) is 0 Å². The normalized spacial score (nSPS) is 21.6. The molecule has 1 aromatic rings. The van der Waals surface area contributed by atoms with Crippen LogP contribution >= 0.6 is 0 Å². The standard InChI is InChI=1S/C16H18FN3O5S/c1-11(21)18-9-13-10-20(16(22)25-13)12-2-3-15(14(17)8-12)19-4-6-26(23,24)7-5-19/h2-4,6,8,13H,5,7,9-10H2,1H3,(H,18,21)/t13-/m0/s1. The summed E-state index contributed by atoms with van der Waals surface area (Å²) in [5, 5.41) is 3.62. The molecule has 0 saturated carbocycles. The maximum Gasteiger partial charge on any atom is 0.414 e. The van der Waals surface area contributed by atoms with Crippen LogP contribution < -0.4 is 15.1 Å². The number of hydrogen-bond donors (Lipinski definition) is 1. The third kappa shape index (κ3) is 3.96. The molecule has 1 atom stereocenters. The minimum Gasteiger partial charge on any atom is -0.442 e. The molecule has 2 amide bonds. The number of benzene rings is 1. The highest BCUT2D eigenvalue weighted by atomic mass is 32.2. The van der Waals surface area contributed by atoms with E-state index in [9.17, 15) is 22.4 Å². The van der Waals surface area contributed by atoms with Gasteiger partial charge in [0.2, 0.25) is 5.91 Å². The molecular formula is C16H18FN3O5S. The summed E-state index contributed by atoms with van der Waals surface area (Å²) in [5.74, 6) is -0.899. The Bertz CT molecular complexity index is 871. The Kier molecular flexibility index (Phi) is 4.86. The third-order valence-corrected chi connectivity index (χ3v) is 5.36. The molecule has 0 radical (unpaired) electrons. The topological polar surface area (TPSA) is 96.0 Å². The minimum absolute atomic E-state index is 0.0893. The van der Waals surface area contributed by atoms with Gasteiger partial charge in [0, 0.05) is 25.1 Å². The average Bonchev–Trinajstić information content (AvgIpc) is 2.94. The highest BCUT2D eigenvalue weighted by Gasteiger charge is 2.33. The number of amides is 2. The van der Waals surface area contributed by atoms with Crippen LogP contribution in [0.1, 0.15) is 6.92 Å². The number of carbonyl (C=O) groups is 2. The molecule has 3 rings (SSSR count). The molecule has 0 bridgehead atoms. The van der Waals surface area contributed by atoms with Crippen molar-refractivity contribution in [2.75, 3.05) is 35.2 Å². The zero-order valence-electron chi connectivity index (χ0n) is 14.0. The predicted molar refractivity (Wildman–Crippen MR) is 93.0 cm³/mol. The molecule has 0 aliphatic carbocycles. The van der Waals surface area contributed by atoms with Gasteiger partial charge in [-0.1, -0.05) is 0 Å². The van der Waals surface area contributed by atoms with Gasteiger partial charge in [0.15, 0.2) is 9.84 Å². The van der Waals surface area contributed by atoms with Crippen molar-refractivity contribution in [3.05, 3.63) is 35.6 Å². The molecule has 1 saturated heterocycles. The molecule has 10 heteroatoms. The lowest BCUT2D eigenvalue weighted by Gasteiger charge is -2.24. The smallest absolute Gasteiger partial charge is 0.414 e. The van der Waals surface area contributed by atoms with Gasteiger partial charge in [0.1, 0.15) is 11.9 Å². The summed E-state index contributed by atoms with van der Waals surface area (Å²) in [6.07, 6.45) is 0.200. The molecule has 0 spiro atoms. The summed E-state index contributed by atoms with van der Waals surface area (Å²) in [7, 11) is -3.23. The maximum absolute atomic E-state index is 14.5. The second kappa shape index (κ2) is 6.94. The van der Waals surface area contributed by atoms with Crippen molar-refractivity contribution in [3.63, 3.8) is 0 Å². The van der Waals surface area contributed by atoms with Gasteiger partial charge in [-0.15, -0.1) is 0 Å². The zero-order chi connectivity index (χ0) is 18.9. The van der Waals surface area contributed by atoms with E-state index in [0.717, 1.165) is 5.41 Å². The van der Waals surface area contributed by atoms with Crippen molar-refractivity contribution in [3.8, 4) is 0 Å². The first-order chi connectivity index (χ1) is 12.2. The van der Waals surface area contributed by atoms with Crippen molar-refractivity contribution >= 4 is 33.2 Å². The van der Waals surface area contributed by atoms with Crippen LogP contribution in [0.3, 0.4) is 0 Å². The molecule has 2 aliphatic heterocycles. The summed E-state index contributed by atoms with van der Waals surface area (Å²) in [4.78, 5) is 25.7. The van der Waals surface area contributed by atoms with Crippen molar-refractivity contribution in [1.29, 1.82) is 0 Å². The molecule has 26 heavy (non-hydrogen) atoms. The zero-order valence-corrected chi connectivity index (χ0v) is 14.8. The largest absolute Gasteiger partial charge is 0.442 e. The quantitative estimate of drug-likeness (QED) is 0.833. The Labute approximate surface area is 150 Å². The average molecular weight is 383 g/mol. The van der Waals surface area contributed by atoms with Crippen LogP contribution in [0.2, 0.25) is 0 Å². The van der Waals surface area contributed by atoms with Gasteiger partial charge in [0.05, 0.1) is 30.2 Å². The lowest BCUT2D eigenvalue weighted by atomic mass is 10.2. The van der Waals surface area contributed by atoms with Crippen LogP contribution in [0.5, 0.6) is 0 Å². The number of cyclic esters (lactones) is 1. The predicted octanol–water partition coefficient (Wildman–Crippen LogP) is 0.993. The molecule has 8 nitrogen and oxygen atoms in total. The van der Waals surface area contributed by atoms with E-state index in [2.05, 4.69) is 5.32 Å². The van der Waals surface area contributed by atoms with E-state index in [0.29, 0.717) is 5.69 Å². The number of ether oxygens (including phenoxy) is 1. The molecule has 1 fully saturated rings. The molecular weight excluding hydrogens is 365 g/mol. The van der Waals surface area contributed by atoms with Crippen LogP contribution in [-0.4, -0.2) is 51.9 Å². The Morgan fingerprint density at radius 1 is 1.42 bits per heavy atom. The van der Waals surface area contributed by atoms with Gasteiger partial charge >= 0.3 is 6.09 Å². The number of nitrogens with zero attached hydrogens (tertiary/aromatic N) is 2. The lowest BCUT2D eigenvalue weighted by Crippen LogP contribution is -2.33. The van der Waals surface area contributed by atoms with Crippen LogP contribution in [0.15, 0.2) is 29.8 Å². The van der Waals surface area contributed by atoms with Gasteiger partial charge in [-0.05, 0) is 18.2 Å². The number of anilines is 2. The maximum atomic E-state index is 14.5. The third-order valence-electron chi connectivity index (χ3n) is 4.07. The molecule has 2 heterocycles. The highest BCUT2D eigenvalue weighted by molar-refractivity contribution is 7.94. The van der Waals surface area contributed by atoms with E-state index >= 15 is 0 Å². The number of rotatable bonds is 4. The molecule has 0 unspecified atom stereocenters. The molecule has 2 aliphatic rings. The van der Waals surface area contributed by atoms with E-state index in [1.165, 1.54) is 35.1 Å². The van der Waals surface area contributed by atoms with Gasteiger partial charge < -0.3 is 15.0 Å². The highest BCUT2D eigenvalue weighted by Crippen LogP contribution is 2.29. The number of carbonyl (C=O) groups excluding carboxylic acids is 2. The second-order valence-electron chi connectivity index (χ2n) is 6.03. The molecule has 0 aromatic heterocycles. The van der Waals surface area contributed by atoms with Gasteiger partial charge in [-0.3, -0.25) is 9.69 Å². The number of nitrogens with one attached hydrogen (secondary N) is 1. The van der Waals surface area contributed by atoms with Crippen LogP contribution in [0.25, 0.3) is 0 Å². The van der Waals surface area contributed by atoms with Gasteiger partial charge in [-0.25, -0.2) is 17.6 Å². The van der Waals surface area contributed by atoms with E-state index < -0.39 is 27.9 Å². The van der Waals surface area contributed by atoms with Crippen molar-refractivity contribution in [2.45, 2.75) is 13.0 Å². The van der Waals surface area contributed by atoms with Crippen LogP contribution in [-0.2, 0) is 19.4 Å². The van der Waals surface area contributed by atoms with Crippen LogP contribution in [0, 0.1) is 5.82 Å². The summed E-state index contributed by atoms with van der Waals surface area (Å²) < 4.78 is 42.5. The first kappa shape index (κ1) is 18.2. The van der Waals surface area contributed by atoms with E-state index in [4.69, 9.17) is 4.74 Å². The Balaban J connectivity index is 1.74. The first-order valence-corrected chi connectivity index (χ1v) is 9.66. The SMILES string of the molecule is CC(=O)NC[C@H]1CN(c2ccc(N3C=CS(=O)(=O)CC3)c(F)c2)C(=O)O1. The first-order valence-electron chi connectivity index (χ1n) is 7.95. The summed E-state index contributed by atoms with van der Waals surface area (Å²) in [6, 6.07) is 4.26. The van der Waals surface area contributed by atoms with Gasteiger partial charge in [-0.2, -0.15) is 0 Å². The Morgan fingerprint density at radius 2 is 2.19 bits per heavy atom. The summed E-state index contributed by atoms with van der Waals surface area (Å²) in [6.45, 7) is 1.90. The Hall–Kier alpha value is -2.62. The van der Waals surface area contributed by atoms with Crippen molar-refractivity contribution < 1.29 is 27.1 Å². The van der Waals surface area contributed by atoms with E-state index in [1.54, 1.807) is 6.07 Å². The van der Waals surface area contributed by atoms with Crippen molar-refractivity contribution in [1.82, 2.24) is 5.32 Å². The fourth-order valence-corrected chi connectivity index (χ4v) is 3.65. The second-order valence-corrected chi connectivity index (χ2v) is 8.04. The summed E-state index contributed by atoms with van der Waals surface area (Å²) >= 11 is 0. The summed E-state index contributed by atoms with van der Waals surface area (Å²) in [5.41, 5.74) is 0.553. The molecule has 1 aromatic carbocycles. The number of hydrogen-bond acceptors (Lipinski definition) is 6. The fraction of sp³-hybridized carbons (Fsp3) is 0.375. The fourth-order valence-electron chi connectivity index (χ4n) is 2.73. The monoisotopic (exact) mass is 383 g/mol. The molecule has 1 N–H and O–H groups in total. The van der Waals surface area contributed by atoms with Gasteiger partial charge in [0.25, 0.3) is 0 Å². The van der Waals surface area contributed by atoms with Crippen LogP contribution in [0.4, 0.5) is 20.6 Å². The van der Waals surface area contributed by atoms with E-state index in [1.807, 2.05) is 0 Å². The lowest BCUT2D eigenvalue weighted by molar-refractivity contribution is -0.119. The van der Waals surface area contributed by atoms with E-state index in [-0.39, 0.29) is 37.0 Å². The Morgan fingerprint density at radius 3 is 2.81 bits per heavy atom. The number of halogens is 1.